The van der Waals surface area contributed by atoms with Crippen LogP contribution < -0.4 is 10.5 Å². The molecule has 19 heavy (non-hydrogen) atoms. The fraction of sp³-hybridized carbons (Fsp3) is 0.182. The number of sulfonamides is 1. The summed E-state index contributed by atoms with van der Waals surface area (Å²) in [6.45, 7) is 0.133. The molecule has 2 rings (SSSR count). The zero-order valence-electron chi connectivity index (χ0n) is 10.2. The number of aryl methyl sites for hydroxylation is 1. The van der Waals surface area contributed by atoms with Crippen LogP contribution in [0.5, 0.6) is 0 Å². The molecule has 0 aliphatic heterocycles. The maximum absolute atomic E-state index is 12.1. The minimum Gasteiger partial charge on any atom is -0.398 e. The molecule has 0 saturated heterocycles. The van der Waals surface area contributed by atoms with Crippen LogP contribution in [0, 0.1) is 0 Å². The molecule has 2 aromatic rings. The molecule has 0 atom stereocenters. The van der Waals surface area contributed by atoms with E-state index in [0.717, 1.165) is 0 Å². The molecule has 8 heteroatoms. The molecule has 0 bridgehead atoms. The third-order valence-corrected chi connectivity index (χ3v) is 4.71. The molecule has 1 aromatic carbocycles. The summed E-state index contributed by atoms with van der Waals surface area (Å²) >= 11 is 3.21. The van der Waals surface area contributed by atoms with E-state index in [-0.39, 0.29) is 11.4 Å². The number of hydrogen-bond acceptors (Lipinski definition) is 4. The van der Waals surface area contributed by atoms with Crippen LogP contribution in [0.15, 0.2) is 40.0 Å². The van der Waals surface area contributed by atoms with Crippen molar-refractivity contribution in [1.29, 1.82) is 0 Å². The summed E-state index contributed by atoms with van der Waals surface area (Å²) in [5.41, 5.74) is 6.12. The van der Waals surface area contributed by atoms with Gasteiger partial charge in [-0.3, -0.25) is 0 Å². The Balaban J connectivity index is 2.18. The largest absolute Gasteiger partial charge is 0.398 e. The van der Waals surface area contributed by atoms with E-state index in [9.17, 15) is 8.42 Å². The molecular formula is C11H13BrN4O2S. The van der Waals surface area contributed by atoms with Crippen LogP contribution in [-0.4, -0.2) is 18.0 Å². The molecule has 6 nitrogen and oxygen atoms in total. The molecule has 102 valence electrons. The van der Waals surface area contributed by atoms with Crippen molar-refractivity contribution in [2.45, 2.75) is 11.4 Å². The molecule has 3 N–H and O–H groups in total. The first kappa shape index (κ1) is 14.0. The Morgan fingerprint density at radius 1 is 1.47 bits per heavy atom. The van der Waals surface area contributed by atoms with Gasteiger partial charge in [-0.2, -0.15) is 0 Å². The first-order valence-electron chi connectivity index (χ1n) is 5.41. The van der Waals surface area contributed by atoms with E-state index in [4.69, 9.17) is 5.73 Å². The predicted octanol–water partition coefficient (Wildman–Crippen LogP) is 1.24. The number of hydrogen-bond donors (Lipinski definition) is 2. The zero-order valence-corrected chi connectivity index (χ0v) is 12.6. The Morgan fingerprint density at radius 2 is 2.21 bits per heavy atom. The summed E-state index contributed by atoms with van der Waals surface area (Å²) in [4.78, 5) is 4.21. The summed E-state index contributed by atoms with van der Waals surface area (Å²) < 4.78 is 29.0. The second-order valence-corrected chi connectivity index (χ2v) is 6.58. The first-order chi connectivity index (χ1) is 8.90. The molecule has 0 saturated carbocycles. The van der Waals surface area contributed by atoms with Gasteiger partial charge >= 0.3 is 0 Å². The summed E-state index contributed by atoms with van der Waals surface area (Å²) in [5.74, 6) is 0.637. The Hall–Kier alpha value is -1.38. The van der Waals surface area contributed by atoms with E-state index >= 15 is 0 Å². The Bertz CT molecular complexity index is 696. The van der Waals surface area contributed by atoms with E-state index in [0.29, 0.717) is 16.0 Å². The zero-order chi connectivity index (χ0) is 14.0. The highest BCUT2D eigenvalue weighted by Gasteiger charge is 2.15. The predicted molar refractivity (Wildman–Crippen MR) is 75.8 cm³/mol. The summed E-state index contributed by atoms with van der Waals surface area (Å²) in [7, 11) is -1.78. The topological polar surface area (TPSA) is 90.0 Å². The van der Waals surface area contributed by atoms with Crippen LogP contribution in [0.2, 0.25) is 0 Å². The highest BCUT2D eigenvalue weighted by atomic mass is 79.9. The van der Waals surface area contributed by atoms with Crippen molar-refractivity contribution >= 4 is 31.6 Å². The molecule has 1 aromatic heterocycles. The first-order valence-corrected chi connectivity index (χ1v) is 7.68. The third-order valence-electron chi connectivity index (χ3n) is 2.62. The van der Waals surface area contributed by atoms with E-state index in [1.807, 2.05) is 0 Å². The standard InChI is InChI=1S/C11H13BrN4O2S/c1-16-5-4-14-11(16)7-15-19(17,18)8-2-3-10(13)9(12)6-8/h2-6,15H,7,13H2,1H3. The van der Waals surface area contributed by atoms with Crippen molar-refractivity contribution in [3.05, 3.63) is 40.9 Å². The number of nitrogen functional groups attached to an aromatic ring is 1. The van der Waals surface area contributed by atoms with E-state index in [2.05, 4.69) is 25.6 Å². The van der Waals surface area contributed by atoms with E-state index < -0.39 is 10.0 Å². The van der Waals surface area contributed by atoms with Crippen molar-refractivity contribution < 1.29 is 8.42 Å². The molecule has 0 spiro atoms. The fourth-order valence-electron chi connectivity index (χ4n) is 1.48. The van der Waals surface area contributed by atoms with Gasteiger partial charge in [0, 0.05) is 29.6 Å². The lowest BCUT2D eigenvalue weighted by atomic mass is 10.3. The lowest BCUT2D eigenvalue weighted by Gasteiger charge is -2.08. The number of nitrogens with one attached hydrogen (secondary N) is 1. The Labute approximate surface area is 119 Å². The van der Waals surface area contributed by atoms with Gasteiger partial charge in [0.1, 0.15) is 5.82 Å². The number of anilines is 1. The van der Waals surface area contributed by atoms with Crippen molar-refractivity contribution in [3.8, 4) is 0 Å². The number of imidazole rings is 1. The highest BCUT2D eigenvalue weighted by Crippen LogP contribution is 2.22. The van der Waals surface area contributed by atoms with Crippen LogP contribution >= 0.6 is 15.9 Å². The lowest BCUT2D eigenvalue weighted by Crippen LogP contribution is -2.24. The Morgan fingerprint density at radius 3 is 2.79 bits per heavy atom. The molecule has 1 heterocycles. The monoisotopic (exact) mass is 344 g/mol. The van der Waals surface area contributed by atoms with Crippen LogP contribution in [0.3, 0.4) is 0 Å². The average Bonchev–Trinajstić information content (AvgIpc) is 2.76. The smallest absolute Gasteiger partial charge is 0.241 e. The molecule has 0 fully saturated rings. The number of nitrogens with two attached hydrogens (primary N) is 1. The minimum atomic E-state index is -3.58. The Kier molecular flexibility index (Phi) is 3.93. The average molecular weight is 345 g/mol. The molecule has 0 unspecified atom stereocenters. The summed E-state index contributed by atoms with van der Waals surface area (Å²) in [5, 5.41) is 0. The highest BCUT2D eigenvalue weighted by molar-refractivity contribution is 9.10. The number of aromatic nitrogens is 2. The number of benzene rings is 1. The van der Waals surface area contributed by atoms with Crippen LogP contribution in [0.1, 0.15) is 5.82 Å². The molecule has 0 radical (unpaired) electrons. The lowest BCUT2D eigenvalue weighted by molar-refractivity contribution is 0.577. The molecular weight excluding hydrogens is 332 g/mol. The number of halogens is 1. The van der Waals surface area contributed by atoms with Gasteiger partial charge in [0.15, 0.2) is 0 Å². The molecule has 0 aliphatic carbocycles. The molecule has 0 aliphatic rings. The van der Waals surface area contributed by atoms with Gasteiger partial charge in [0.05, 0.1) is 11.4 Å². The van der Waals surface area contributed by atoms with E-state index in [1.165, 1.54) is 12.1 Å². The van der Waals surface area contributed by atoms with Gasteiger partial charge in [-0.1, -0.05) is 0 Å². The fourth-order valence-corrected chi connectivity index (χ4v) is 3.02. The van der Waals surface area contributed by atoms with Crippen molar-refractivity contribution in [2.24, 2.45) is 7.05 Å². The van der Waals surface area contributed by atoms with Crippen molar-refractivity contribution in [1.82, 2.24) is 14.3 Å². The summed E-state index contributed by atoms with van der Waals surface area (Å²) in [6, 6.07) is 4.47. The van der Waals surface area contributed by atoms with Crippen LogP contribution in [0.4, 0.5) is 5.69 Å². The van der Waals surface area contributed by atoms with Gasteiger partial charge in [-0.25, -0.2) is 18.1 Å². The minimum absolute atomic E-state index is 0.133. The van der Waals surface area contributed by atoms with Gasteiger partial charge < -0.3 is 10.3 Å². The molecule has 0 amide bonds. The van der Waals surface area contributed by atoms with Crippen LogP contribution in [-0.2, 0) is 23.6 Å². The quantitative estimate of drug-likeness (QED) is 0.816. The van der Waals surface area contributed by atoms with Crippen molar-refractivity contribution in [2.75, 3.05) is 5.73 Å². The normalized spacial score (nSPS) is 11.7. The number of rotatable bonds is 4. The maximum atomic E-state index is 12.1. The third kappa shape index (κ3) is 3.14. The second kappa shape index (κ2) is 5.32. The van der Waals surface area contributed by atoms with Crippen LogP contribution in [0.25, 0.3) is 0 Å². The maximum Gasteiger partial charge on any atom is 0.241 e. The number of nitrogens with zero attached hydrogens (tertiary/aromatic N) is 2. The van der Waals surface area contributed by atoms with Gasteiger partial charge in [0.2, 0.25) is 10.0 Å². The van der Waals surface area contributed by atoms with Gasteiger partial charge in [0.25, 0.3) is 0 Å². The van der Waals surface area contributed by atoms with Crippen molar-refractivity contribution in [3.63, 3.8) is 0 Å². The summed E-state index contributed by atoms with van der Waals surface area (Å²) in [6.07, 6.45) is 3.37. The second-order valence-electron chi connectivity index (χ2n) is 3.96. The van der Waals surface area contributed by atoms with E-state index in [1.54, 1.807) is 30.1 Å². The van der Waals surface area contributed by atoms with Gasteiger partial charge in [-0.15, -0.1) is 0 Å². The SMILES string of the molecule is Cn1ccnc1CNS(=O)(=O)c1ccc(N)c(Br)c1. The van der Waals surface area contributed by atoms with Gasteiger partial charge in [-0.05, 0) is 34.1 Å².